The fourth-order valence-electron chi connectivity index (χ4n) is 1.49. The molecule has 0 spiro atoms. The lowest BCUT2D eigenvalue weighted by Crippen LogP contribution is -2.28. The highest BCUT2D eigenvalue weighted by Gasteiger charge is 2.06. The Morgan fingerprint density at radius 1 is 1.29 bits per heavy atom. The van der Waals surface area contributed by atoms with E-state index in [0.29, 0.717) is 38.3 Å². The van der Waals surface area contributed by atoms with E-state index in [0.717, 1.165) is 6.26 Å². The molecule has 0 saturated carbocycles. The van der Waals surface area contributed by atoms with Crippen LogP contribution >= 0.6 is 12.4 Å². The number of hydrogen-bond donors (Lipinski definition) is 2. The van der Waals surface area contributed by atoms with Crippen molar-refractivity contribution < 1.29 is 17.9 Å². The molecule has 0 atom stereocenters. The molecule has 1 aromatic carbocycles. The van der Waals surface area contributed by atoms with E-state index in [2.05, 4.69) is 5.32 Å². The summed E-state index contributed by atoms with van der Waals surface area (Å²) < 4.78 is 27.9. The molecule has 6 nitrogen and oxygen atoms in total. The van der Waals surface area contributed by atoms with E-state index < -0.39 is 9.84 Å². The van der Waals surface area contributed by atoms with Crippen LogP contribution in [0.15, 0.2) is 29.2 Å². The van der Waals surface area contributed by atoms with Crippen LogP contribution in [0.5, 0.6) is 5.75 Å². The molecule has 0 heterocycles. The number of hydrogen-bond acceptors (Lipinski definition) is 5. The third-order valence-electron chi connectivity index (χ3n) is 2.55. The molecule has 1 rings (SSSR count). The number of sulfone groups is 1. The molecule has 8 heteroatoms. The molecule has 0 aromatic heterocycles. The van der Waals surface area contributed by atoms with Gasteiger partial charge in [-0.2, -0.15) is 0 Å². The zero-order valence-electron chi connectivity index (χ0n) is 11.9. The fourth-order valence-corrected chi connectivity index (χ4v) is 2.12. The lowest BCUT2D eigenvalue weighted by atomic mass is 10.3. The zero-order valence-corrected chi connectivity index (χ0v) is 13.5. The number of amides is 1. The lowest BCUT2D eigenvalue weighted by molar-refractivity contribution is -0.121. The summed E-state index contributed by atoms with van der Waals surface area (Å²) in [5.74, 6) is 0.514. The highest BCUT2D eigenvalue weighted by atomic mass is 35.5. The topological polar surface area (TPSA) is 98.5 Å². The van der Waals surface area contributed by atoms with Gasteiger partial charge in [-0.1, -0.05) is 0 Å². The maximum atomic E-state index is 11.3. The van der Waals surface area contributed by atoms with Gasteiger partial charge in [0.15, 0.2) is 9.84 Å². The Morgan fingerprint density at radius 3 is 2.43 bits per heavy atom. The summed E-state index contributed by atoms with van der Waals surface area (Å²) in [4.78, 5) is 11.5. The summed E-state index contributed by atoms with van der Waals surface area (Å²) in [7, 11) is -3.19. The van der Waals surface area contributed by atoms with E-state index in [-0.39, 0.29) is 23.2 Å². The molecule has 0 bridgehead atoms. The minimum atomic E-state index is -3.19. The van der Waals surface area contributed by atoms with Gasteiger partial charge in [-0.3, -0.25) is 4.79 Å². The van der Waals surface area contributed by atoms with E-state index in [9.17, 15) is 13.2 Å². The van der Waals surface area contributed by atoms with Crippen LogP contribution in [0.3, 0.4) is 0 Å². The number of carbonyl (C=O) groups excluding carboxylic acids is 1. The molecule has 0 aliphatic rings. The first-order valence-corrected chi connectivity index (χ1v) is 8.22. The number of carbonyl (C=O) groups is 1. The Morgan fingerprint density at radius 2 is 1.90 bits per heavy atom. The van der Waals surface area contributed by atoms with Gasteiger partial charge in [-0.25, -0.2) is 8.42 Å². The van der Waals surface area contributed by atoms with Gasteiger partial charge in [0.05, 0.1) is 11.4 Å². The first kappa shape index (κ1) is 19.7. The molecule has 0 radical (unpaired) electrons. The van der Waals surface area contributed by atoms with Crippen molar-refractivity contribution in [2.24, 2.45) is 5.73 Å². The predicted octanol–water partition coefficient (Wildman–Crippen LogP) is 0.746. The molecule has 0 aliphatic carbocycles. The van der Waals surface area contributed by atoms with Crippen LogP contribution < -0.4 is 15.8 Å². The van der Waals surface area contributed by atoms with Crippen LogP contribution in [0.2, 0.25) is 0 Å². The molecule has 0 fully saturated rings. The summed E-state index contributed by atoms with van der Waals surface area (Å²) in [6.07, 6.45) is 2.24. The first-order chi connectivity index (χ1) is 9.43. The van der Waals surface area contributed by atoms with Crippen molar-refractivity contribution in [3.05, 3.63) is 24.3 Å². The Balaban J connectivity index is 0.00000400. The first-order valence-electron chi connectivity index (χ1n) is 6.33. The quantitative estimate of drug-likeness (QED) is 0.682. The van der Waals surface area contributed by atoms with Crippen molar-refractivity contribution in [1.29, 1.82) is 0 Å². The van der Waals surface area contributed by atoms with E-state index in [4.69, 9.17) is 10.5 Å². The number of nitrogens with one attached hydrogen (secondary N) is 1. The maximum absolute atomic E-state index is 11.3. The van der Waals surface area contributed by atoms with Crippen LogP contribution in [-0.2, 0) is 14.6 Å². The van der Waals surface area contributed by atoms with Crippen molar-refractivity contribution in [3.8, 4) is 5.75 Å². The molecule has 0 aliphatic heterocycles. The average Bonchev–Trinajstić information content (AvgIpc) is 2.41. The van der Waals surface area contributed by atoms with Gasteiger partial charge in [0.25, 0.3) is 0 Å². The predicted molar refractivity (Wildman–Crippen MR) is 83.6 cm³/mol. The Hall–Kier alpha value is -1.31. The van der Waals surface area contributed by atoms with Crippen molar-refractivity contribution >= 4 is 28.2 Å². The Kier molecular flexibility index (Phi) is 9.00. The van der Waals surface area contributed by atoms with Gasteiger partial charge >= 0.3 is 0 Å². The van der Waals surface area contributed by atoms with E-state index >= 15 is 0 Å². The van der Waals surface area contributed by atoms with E-state index in [1.54, 1.807) is 12.1 Å². The van der Waals surface area contributed by atoms with E-state index in [1.165, 1.54) is 12.1 Å². The minimum absolute atomic E-state index is 0. The van der Waals surface area contributed by atoms with Crippen molar-refractivity contribution in [2.45, 2.75) is 17.7 Å². The number of ether oxygens (including phenoxy) is 1. The molecule has 1 amide bonds. The normalized spacial score (nSPS) is 10.6. The number of benzene rings is 1. The summed E-state index contributed by atoms with van der Waals surface area (Å²) in [5.41, 5.74) is 5.30. The molecule has 3 N–H and O–H groups in total. The molecule has 21 heavy (non-hydrogen) atoms. The average molecular weight is 337 g/mol. The molecular weight excluding hydrogens is 316 g/mol. The number of nitrogens with two attached hydrogens (primary N) is 1. The largest absolute Gasteiger partial charge is 0.492 e. The van der Waals surface area contributed by atoms with Crippen LogP contribution in [0.1, 0.15) is 12.8 Å². The van der Waals surface area contributed by atoms with E-state index in [1.807, 2.05) is 0 Å². The van der Waals surface area contributed by atoms with Gasteiger partial charge in [-0.05, 0) is 37.2 Å². The Bertz CT molecular complexity index is 532. The lowest BCUT2D eigenvalue weighted by Gasteiger charge is -2.08. The molecule has 1 aromatic rings. The van der Waals surface area contributed by atoms with Crippen LogP contribution in [-0.4, -0.2) is 40.3 Å². The molecular formula is C13H21ClN2O4S. The van der Waals surface area contributed by atoms with Crippen molar-refractivity contribution in [1.82, 2.24) is 5.32 Å². The SMILES string of the molecule is CS(=O)(=O)c1ccc(OCCNC(=O)CCCN)cc1.Cl. The van der Waals surface area contributed by atoms with Gasteiger partial charge < -0.3 is 15.8 Å². The monoisotopic (exact) mass is 336 g/mol. The summed E-state index contributed by atoms with van der Waals surface area (Å²) in [5, 5.41) is 2.71. The van der Waals surface area contributed by atoms with Gasteiger partial charge in [0.1, 0.15) is 12.4 Å². The van der Waals surface area contributed by atoms with Crippen LogP contribution in [0, 0.1) is 0 Å². The molecule has 120 valence electrons. The highest BCUT2D eigenvalue weighted by molar-refractivity contribution is 7.90. The minimum Gasteiger partial charge on any atom is -0.492 e. The third-order valence-corrected chi connectivity index (χ3v) is 3.68. The summed E-state index contributed by atoms with van der Waals surface area (Å²) >= 11 is 0. The highest BCUT2D eigenvalue weighted by Crippen LogP contribution is 2.15. The zero-order chi connectivity index (χ0) is 15.0. The molecule has 0 unspecified atom stereocenters. The second-order valence-corrected chi connectivity index (χ2v) is 6.35. The summed E-state index contributed by atoms with van der Waals surface area (Å²) in [6.45, 7) is 1.22. The third kappa shape index (κ3) is 7.89. The Labute approximate surface area is 131 Å². The van der Waals surface area contributed by atoms with Crippen LogP contribution in [0.25, 0.3) is 0 Å². The van der Waals surface area contributed by atoms with Gasteiger partial charge in [0, 0.05) is 12.7 Å². The van der Waals surface area contributed by atoms with Gasteiger partial charge in [0.2, 0.25) is 5.91 Å². The maximum Gasteiger partial charge on any atom is 0.220 e. The smallest absolute Gasteiger partial charge is 0.220 e. The number of halogens is 1. The van der Waals surface area contributed by atoms with Gasteiger partial charge in [-0.15, -0.1) is 12.4 Å². The standard InChI is InChI=1S/C13H20N2O4S.ClH/c1-20(17,18)12-6-4-11(5-7-12)19-10-9-15-13(16)3-2-8-14;/h4-7H,2-3,8-10,14H2,1H3,(H,15,16);1H. The van der Waals surface area contributed by atoms with Crippen molar-refractivity contribution in [3.63, 3.8) is 0 Å². The number of rotatable bonds is 8. The second-order valence-electron chi connectivity index (χ2n) is 4.33. The molecule has 0 saturated heterocycles. The van der Waals surface area contributed by atoms with Crippen LogP contribution in [0.4, 0.5) is 0 Å². The summed E-state index contributed by atoms with van der Waals surface area (Å²) in [6, 6.07) is 6.16. The van der Waals surface area contributed by atoms with Crippen molar-refractivity contribution in [2.75, 3.05) is 26.0 Å². The fraction of sp³-hybridized carbons (Fsp3) is 0.462. The second kappa shape index (κ2) is 9.59.